The van der Waals surface area contributed by atoms with E-state index in [9.17, 15) is 22.4 Å². The van der Waals surface area contributed by atoms with Crippen LogP contribution in [0.25, 0.3) is 0 Å². The van der Waals surface area contributed by atoms with Gasteiger partial charge >= 0.3 is 5.97 Å². The van der Waals surface area contributed by atoms with Crippen molar-refractivity contribution in [2.24, 2.45) is 0 Å². The number of carbonyl (C=O) groups is 2. The van der Waals surface area contributed by atoms with Crippen molar-refractivity contribution in [2.75, 3.05) is 6.54 Å². The Balaban J connectivity index is 2.65. The Bertz CT molecular complexity index is 624. The summed E-state index contributed by atoms with van der Waals surface area (Å²) in [6.45, 7) is -1.02. The van der Waals surface area contributed by atoms with Crippen molar-refractivity contribution < 1.29 is 27.5 Å². The fraction of sp³-hybridized carbons (Fsp3) is 0.111. The van der Waals surface area contributed by atoms with Gasteiger partial charge in [-0.3, -0.25) is 9.59 Å². The molecule has 8 heteroatoms. The molecule has 1 aliphatic rings. The zero-order valence-electron chi connectivity index (χ0n) is 8.25. The number of hydrogen-bond donors (Lipinski definition) is 1. The van der Waals surface area contributed by atoms with Gasteiger partial charge in [0.25, 0.3) is 15.9 Å². The Labute approximate surface area is 95.3 Å². The third-order valence-electron chi connectivity index (χ3n) is 2.26. The summed E-state index contributed by atoms with van der Waals surface area (Å²) in [5, 5.41) is 8.52. The van der Waals surface area contributed by atoms with Crippen molar-refractivity contribution in [2.45, 2.75) is 4.90 Å². The molecule has 1 amide bonds. The number of benzene rings is 1. The SMILES string of the molecule is O=C(O)CN1C(=O)c2c(F)cccc2S1(=O)=O. The molecule has 0 radical (unpaired) electrons. The van der Waals surface area contributed by atoms with E-state index >= 15 is 0 Å². The first kappa shape index (κ1) is 11.5. The van der Waals surface area contributed by atoms with Crippen molar-refractivity contribution in [1.29, 1.82) is 0 Å². The van der Waals surface area contributed by atoms with Crippen molar-refractivity contribution >= 4 is 21.9 Å². The summed E-state index contributed by atoms with van der Waals surface area (Å²) < 4.78 is 37.0. The summed E-state index contributed by atoms with van der Waals surface area (Å²) in [6.07, 6.45) is 0. The molecule has 1 aromatic rings. The number of fused-ring (bicyclic) bond motifs is 1. The Morgan fingerprint density at radius 2 is 2.06 bits per heavy atom. The fourth-order valence-electron chi connectivity index (χ4n) is 1.56. The molecule has 0 aromatic heterocycles. The summed E-state index contributed by atoms with van der Waals surface area (Å²) >= 11 is 0. The number of sulfonamides is 1. The zero-order chi connectivity index (χ0) is 12.8. The van der Waals surface area contributed by atoms with Crippen molar-refractivity contribution in [1.82, 2.24) is 4.31 Å². The van der Waals surface area contributed by atoms with Crippen LogP contribution in [0.4, 0.5) is 4.39 Å². The monoisotopic (exact) mass is 259 g/mol. The van der Waals surface area contributed by atoms with E-state index in [0.717, 1.165) is 18.2 Å². The minimum absolute atomic E-state index is 0.142. The minimum Gasteiger partial charge on any atom is -0.480 e. The first-order chi connectivity index (χ1) is 7.85. The Morgan fingerprint density at radius 1 is 1.41 bits per heavy atom. The van der Waals surface area contributed by atoms with Gasteiger partial charge in [-0.1, -0.05) is 6.07 Å². The Morgan fingerprint density at radius 3 is 2.59 bits per heavy atom. The molecule has 0 spiro atoms. The van der Waals surface area contributed by atoms with Crippen LogP contribution in [-0.4, -0.2) is 36.3 Å². The summed E-state index contributed by atoms with van der Waals surface area (Å²) in [4.78, 5) is 21.6. The van der Waals surface area contributed by atoms with Crippen molar-refractivity contribution in [3.8, 4) is 0 Å². The van der Waals surface area contributed by atoms with E-state index in [1.807, 2.05) is 0 Å². The average molecular weight is 259 g/mol. The topological polar surface area (TPSA) is 91.8 Å². The van der Waals surface area contributed by atoms with E-state index in [1.165, 1.54) is 0 Å². The maximum Gasteiger partial charge on any atom is 0.324 e. The molecule has 0 saturated heterocycles. The first-order valence-corrected chi connectivity index (χ1v) is 5.87. The number of hydrogen-bond acceptors (Lipinski definition) is 4. The molecule has 1 aliphatic heterocycles. The molecule has 0 fully saturated rings. The van der Waals surface area contributed by atoms with Crippen LogP contribution in [0, 0.1) is 5.82 Å². The minimum atomic E-state index is -4.25. The summed E-state index contributed by atoms with van der Waals surface area (Å²) in [5.41, 5.74) is -0.603. The standard InChI is InChI=1S/C9H6FNO5S/c10-5-2-1-3-6-8(5)9(14)11(4-7(12)13)17(6,15)16/h1-3H,4H2,(H,12,13). The molecule has 17 heavy (non-hydrogen) atoms. The summed E-state index contributed by atoms with van der Waals surface area (Å²) in [5.74, 6) is -3.63. The highest BCUT2D eigenvalue weighted by atomic mass is 32.2. The normalized spacial score (nSPS) is 17.0. The van der Waals surface area contributed by atoms with Crippen LogP contribution in [0.5, 0.6) is 0 Å². The largest absolute Gasteiger partial charge is 0.480 e. The number of halogens is 1. The Kier molecular flexibility index (Phi) is 2.39. The lowest BCUT2D eigenvalue weighted by atomic mass is 10.2. The lowest BCUT2D eigenvalue weighted by molar-refractivity contribution is -0.136. The van der Waals surface area contributed by atoms with Gasteiger partial charge in [0.05, 0.1) is 5.56 Å². The third kappa shape index (κ3) is 1.57. The van der Waals surface area contributed by atoms with Crippen LogP contribution < -0.4 is 0 Å². The fourth-order valence-corrected chi connectivity index (χ4v) is 3.08. The predicted octanol–water partition coefficient (Wildman–Crippen LogP) is 0.0548. The van der Waals surface area contributed by atoms with Gasteiger partial charge in [-0.2, -0.15) is 0 Å². The highest BCUT2D eigenvalue weighted by Crippen LogP contribution is 2.31. The molecular formula is C9H6FNO5S. The van der Waals surface area contributed by atoms with E-state index in [2.05, 4.69) is 0 Å². The molecule has 0 atom stereocenters. The molecule has 90 valence electrons. The van der Waals surface area contributed by atoms with Gasteiger partial charge in [0.1, 0.15) is 17.3 Å². The lowest BCUT2D eigenvalue weighted by Crippen LogP contribution is -2.34. The second kappa shape index (κ2) is 3.52. The van der Waals surface area contributed by atoms with Gasteiger partial charge in [0, 0.05) is 0 Å². The van der Waals surface area contributed by atoms with E-state index in [0.29, 0.717) is 0 Å². The van der Waals surface area contributed by atoms with Gasteiger partial charge in [-0.15, -0.1) is 0 Å². The van der Waals surface area contributed by atoms with Gasteiger partial charge in [0.15, 0.2) is 0 Å². The second-order valence-corrected chi connectivity index (χ2v) is 5.15. The van der Waals surface area contributed by atoms with Crippen LogP contribution in [0.2, 0.25) is 0 Å². The number of carbonyl (C=O) groups excluding carboxylic acids is 1. The van der Waals surface area contributed by atoms with Crippen molar-refractivity contribution in [3.05, 3.63) is 29.6 Å². The lowest BCUT2D eigenvalue weighted by Gasteiger charge is -2.11. The first-order valence-electron chi connectivity index (χ1n) is 4.43. The van der Waals surface area contributed by atoms with Crippen LogP contribution >= 0.6 is 0 Å². The highest BCUT2D eigenvalue weighted by molar-refractivity contribution is 7.90. The number of nitrogens with zero attached hydrogens (tertiary/aromatic N) is 1. The molecule has 1 heterocycles. The number of carboxylic acid groups (broad SMARTS) is 1. The van der Waals surface area contributed by atoms with Crippen molar-refractivity contribution in [3.63, 3.8) is 0 Å². The van der Waals surface area contributed by atoms with Crippen LogP contribution in [-0.2, 0) is 14.8 Å². The molecule has 1 aromatic carbocycles. The molecule has 0 saturated carbocycles. The number of amides is 1. The molecule has 1 N–H and O–H groups in total. The zero-order valence-corrected chi connectivity index (χ0v) is 9.07. The van der Waals surface area contributed by atoms with Gasteiger partial charge in [-0.25, -0.2) is 17.1 Å². The third-order valence-corrected chi connectivity index (χ3v) is 4.03. The number of aliphatic carboxylic acids is 1. The van der Waals surface area contributed by atoms with Gasteiger partial charge in [0.2, 0.25) is 0 Å². The molecule has 0 aliphatic carbocycles. The van der Waals surface area contributed by atoms with E-state index < -0.39 is 44.7 Å². The molecule has 0 unspecified atom stereocenters. The van der Waals surface area contributed by atoms with E-state index in [4.69, 9.17) is 5.11 Å². The summed E-state index contributed by atoms with van der Waals surface area (Å²) in [7, 11) is -4.25. The molecule has 0 bridgehead atoms. The van der Waals surface area contributed by atoms with E-state index in [1.54, 1.807) is 0 Å². The molecular weight excluding hydrogens is 253 g/mol. The Hall–Kier alpha value is -1.96. The quantitative estimate of drug-likeness (QED) is 0.810. The average Bonchev–Trinajstić information content (AvgIpc) is 2.41. The van der Waals surface area contributed by atoms with Crippen LogP contribution in [0.1, 0.15) is 10.4 Å². The number of carboxylic acids is 1. The maximum atomic E-state index is 13.3. The van der Waals surface area contributed by atoms with Crippen LogP contribution in [0.15, 0.2) is 23.1 Å². The maximum absolute atomic E-state index is 13.3. The predicted molar refractivity (Wildman–Crippen MR) is 52.3 cm³/mol. The second-order valence-electron chi connectivity index (χ2n) is 3.32. The molecule has 2 rings (SSSR count). The molecule has 6 nitrogen and oxygen atoms in total. The summed E-state index contributed by atoms with van der Waals surface area (Å²) in [6, 6.07) is 3.15. The van der Waals surface area contributed by atoms with Gasteiger partial charge in [-0.05, 0) is 12.1 Å². The van der Waals surface area contributed by atoms with Crippen LogP contribution in [0.3, 0.4) is 0 Å². The van der Waals surface area contributed by atoms with Gasteiger partial charge < -0.3 is 5.11 Å². The highest BCUT2D eigenvalue weighted by Gasteiger charge is 2.43. The number of rotatable bonds is 2. The van der Waals surface area contributed by atoms with E-state index in [-0.39, 0.29) is 4.31 Å². The smallest absolute Gasteiger partial charge is 0.324 e.